The molecule has 0 aromatic heterocycles. The molecule has 0 rings (SSSR count). The van der Waals surface area contributed by atoms with Crippen LogP contribution >= 0.6 is 0 Å². The highest BCUT2D eigenvalue weighted by atomic mass is 19.3. The number of hydrogen-bond donors (Lipinski definition) is 1. The Hall–Kier alpha value is -0.510. The van der Waals surface area contributed by atoms with Gasteiger partial charge in [0.15, 0.2) is 5.83 Å². The van der Waals surface area contributed by atoms with Crippen LogP contribution in [0.25, 0.3) is 0 Å². The highest BCUT2D eigenvalue weighted by molar-refractivity contribution is 4.89. The summed E-state index contributed by atoms with van der Waals surface area (Å²) in [6.07, 6.45) is -2.46. The van der Waals surface area contributed by atoms with E-state index in [4.69, 9.17) is 5.11 Å². The molecule has 1 nitrogen and oxygen atoms in total. The predicted octanol–water partition coefficient (Wildman–Crippen LogP) is 1.06. The van der Waals surface area contributed by atoms with Crippen molar-refractivity contribution >= 4 is 0 Å². The molecule has 1 N–H and O–H groups in total. The van der Waals surface area contributed by atoms with Crippen LogP contribution < -0.4 is 0 Å². The van der Waals surface area contributed by atoms with Gasteiger partial charge in [-0.3, -0.25) is 0 Å². The zero-order valence-corrected chi connectivity index (χ0v) is 3.29. The molecule has 0 unspecified atom stereocenters. The second kappa shape index (κ2) is 2.63. The smallest absolute Gasteiger partial charge is 0.303 e. The maximum absolute atomic E-state index is 11.1. The number of aliphatic hydroxyl groups excluding tert-OH is 1. The summed E-state index contributed by atoms with van der Waals surface area (Å²) in [6.45, 7) is -1.22. The summed E-state index contributed by atoms with van der Waals surface area (Å²) in [6, 6.07) is 0. The van der Waals surface area contributed by atoms with Crippen molar-refractivity contribution in [3.63, 3.8) is 0 Å². The van der Waals surface area contributed by atoms with Crippen molar-refractivity contribution in [2.45, 2.75) is 0 Å². The monoisotopic (exact) mass is 112 g/mol. The van der Waals surface area contributed by atoms with Crippen molar-refractivity contribution in [2.24, 2.45) is 0 Å². The minimum absolute atomic E-state index is 1.22. The third-order valence-electron chi connectivity index (χ3n) is 0.344. The lowest BCUT2D eigenvalue weighted by atomic mass is 10.6. The van der Waals surface area contributed by atoms with Gasteiger partial charge < -0.3 is 5.11 Å². The highest BCUT2D eigenvalue weighted by Crippen LogP contribution is 2.06. The van der Waals surface area contributed by atoms with Gasteiger partial charge in [-0.05, 0) is 0 Å². The standard InChI is InChI=1S/C3H3F3O/c4-2(1-7)3(5)6/h7H,1H2. The Labute approximate surface area is 38.1 Å². The molecule has 0 spiro atoms. The third kappa shape index (κ3) is 2.22. The van der Waals surface area contributed by atoms with Crippen LogP contribution in [0.2, 0.25) is 0 Å². The lowest BCUT2D eigenvalue weighted by molar-refractivity contribution is 0.270. The molecule has 0 saturated heterocycles. The van der Waals surface area contributed by atoms with Crippen molar-refractivity contribution in [1.29, 1.82) is 0 Å². The topological polar surface area (TPSA) is 20.2 Å². The Kier molecular flexibility index (Phi) is 2.44. The zero-order chi connectivity index (χ0) is 5.86. The Morgan fingerprint density at radius 1 is 1.29 bits per heavy atom. The van der Waals surface area contributed by atoms with Crippen molar-refractivity contribution in [1.82, 2.24) is 0 Å². The molecule has 0 aliphatic rings. The molecule has 0 fully saturated rings. The minimum atomic E-state index is -2.46. The first-order valence-corrected chi connectivity index (χ1v) is 1.49. The van der Waals surface area contributed by atoms with Crippen LogP contribution in [-0.4, -0.2) is 11.7 Å². The van der Waals surface area contributed by atoms with E-state index in [0.717, 1.165) is 0 Å². The van der Waals surface area contributed by atoms with Crippen LogP contribution in [0.3, 0.4) is 0 Å². The molecule has 0 heterocycles. The average Bonchev–Trinajstić information content (AvgIpc) is 1.65. The lowest BCUT2D eigenvalue weighted by Crippen LogP contribution is -1.81. The van der Waals surface area contributed by atoms with Gasteiger partial charge >= 0.3 is 6.08 Å². The molecule has 7 heavy (non-hydrogen) atoms. The van der Waals surface area contributed by atoms with Gasteiger partial charge in [-0.25, -0.2) is 4.39 Å². The largest absolute Gasteiger partial charge is 0.389 e. The van der Waals surface area contributed by atoms with E-state index in [1.165, 1.54) is 0 Å². The van der Waals surface area contributed by atoms with Gasteiger partial charge in [0.25, 0.3) is 0 Å². The fourth-order valence-corrected chi connectivity index (χ4v) is 0.0598. The van der Waals surface area contributed by atoms with E-state index in [0.29, 0.717) is 0 Å². The van der Waals surface area contributed by atoms with Gasteiger partial charge in [-0.15, -0.1) is 0 Å². The molecule has 0 aliphatic carbocycles. The number of halogens is 3. The molecule has 0 radical (unpaired) electrons. The minimum Gasteiger partial charge on any atom is -0.389 e. The van der Waals surface area contributed by atoms with E-state index in [1.54, 1.807) is 0 Å². The Balaban J connectivity index is 3.72. The Morgan fingerprint density at radius 3 is 1.71 bits per heavy atom. The summed E-state index contributed by atoms with van der Waals surface area (Å²) >= 11 is 0. The fourth-order valence-electron chi connectivity index (χ4n) is 0.0598. The van der Waals surface area contributed by atoms with Crippen molar-refractivity contribution in [2.75, 3.05) is 6.61 Å². The molecule has 0 saturated carbocycles. The normalized spacial score (nSPS) is 8.57. The molecule has 4 heteroatoms. The van der Waals surface area contributed by atoms with Gasteiger partial charge in [0.2, 0.25) is 0 Å². The molecule has 0 aliphatic heterocycles. The van der Waals surface area contributed by atoms with Crippen LogP contribution in [0.4, 0.5) is 13.2 Å². The number of aliphatic hydroxyl groups is 1. The van der Waals surface area contributed by atoms with E-state index in [1.807, 2.05) is 0 Å². The molecular formula is C3H3F3O. The summed E-state index contributed by atoms with van der Waals surface area (Å²) in [5, 5.41) is 7.59. The van der Waals surface area contributed by atoms with Crippen molar-refractivity contribution < 1.29 is 18.3 Å². The maximum atomic E-state index is 11.1. The zero-order valence-electron chi connectivity index (χ0n) is 3.29. The third-order valence-corrected chi connectivity index (χ3v) is 0.344. The first kappa shape index (κ1) is 6.49. The summed E-state index contributed by atoms with van der Waals surface area (Å²) in [7, 11) is 0. The van der Waals surface area contributed by atoms with E-state index >= 15 is 0 Å². The van der Waals surface area contributed by atoms with Crippen LogP contribution in [0.1, 0.15) is 0 Å². The SMILES string of the molecule is OCC(F)=C(F)F. The van der Waals surface area contributed by atoms with Gasteiger partial charge in [0, 0.05) is 0 Å². The van der Waals surface area contributed by atoms with E-state index in [9.17, 15) is 13.2 Å². The summed E-state index contributed by atoms with van der Waals surface area (Å²) in [4.78, 5) is 0. The molecule has 0 aromatic rings. The summed E-state index contributed by atoms with van der Waals surface area (Å²) in [5.74, 6) is -1.76. The van der Waals surface area contributed by atoms with Gasteiger partial charge in [0.1, 0.15) is 6.61 Å². The van der Waals surface area contributed by atoms with Crippen LogP contribution in [0, 0.1) is 0 Å². The second-order valence-corrected chi connectivity index (χ2v) is 0.823. The predicted molar refractivity (Wildman–Crippen MR) is 17.4 cm³/mol. The maximum Gasteiger partial charge on any atom is 0.303 e. The van der Waals surface area contributed by atoms with Crippen LogP contribution in [0.5, 0.6) is 0 Å². The summed E-state index contributed by atoms with van der Waals surface area (Å²) < 4.78 is 32.7. The summed E-state index contributed by atoms with van der Waals surface area (Å²) in [5.41, 5.74) is 0. The molecule has 0 bridgehead atoms. The second-order valence-electron chi connectivity index (χ2n) is 0.823. The van der Waals surface area contributed by atoms with E-state index in [-0.39, 0.29) is 0 Å². The van der Waals surface area contributed by atoms with Gasteiger partial charge in [-0.2, -0.15) is 8.78 Å². The van der Waals surface area contributed by atoms with E-state index in [2.05, 4.69) is 0 Å². The Morgan fingerprint density at radius 2 is 1.71 bits per heavy atom. The molecular weight excluding hydrogens is 109 g/mol. The number of hydrogen-bond acceptors (Lipinski definition) is 1. The van der Waals surface area contributed by atoms with Crippen molar-refractivity contribution in [3.8, 4) is 0 Å². The fraction of sp³-hybridized carbons (Fsp3) is 0.333. The van der Waals surface area contributed by atoms with E-state index < -0.39 is 18.5 Å². The first-order valence-electron chi connectivity index (χ1n) is 1.49. The molecule has 0 aromatic carbocycles. The van der Waals surface area contributed by atoms with Crippen molar-refractivity contribution in [3.05, 3.63) is 11.9 Å². The number of rotatable bonds is 1. The van der Waals surface area contributed by atoms with Gasteiger partial charge in [-0.1, -0.05) is 0 Å². The highest BCUT2D eigenvalue weighted by Gasteiger charge is 1.99. The molecule has 0 amide bonds. The molecule has 42 valence electrons. The first-order chi connectivity index (χ1) is 3.18. The lowest BCUT2D eigenvalue weighted by Gasteiger charge is -1.81. The quantitative estimate of drug-likeness (QED) is 0.537. The molecule has 0 atom stereocenters. The van der Waals surface area contributed by atoms with Crippen LogP contribution in [0.15, 0.2) is 11.9 Å². The average molecular weight is 112 g/mol. The van der Waals surface area contributed by atoms with Crippen LogP contribution in [-0.2, 0) is 0 Å². The van der Waals surface area contributed by atoms with Gasteiger partial charge in [0.05, 0.1) is 0 Å². The Bertz CT molecular complexity index is 84.2.